The van der Waals surface area contributed by atoms with Crippen LogP contribution in [0.25, 0.3) is 0 Å². The highest BCUT2D eigenvalue weighted by molar-refractivity contribution is 9.10. The van der Waals surface area contributed by atoms with Crippen LogP contribution in [-0.2, 0) is 6.61 Å². The third-order valence-electron chi connectivity index (χ3n) is 3.16. The van der Waals surface area contributed by atoms with Crippen molar-refractivity contribution in [1.29, 1.82) is 0 Å². The van der Waals surface area contributed by atoms with Gasteiger partial charge in [0.25, 0.3) is 0 Å². The maximum absolute atomic E-state index is 11.0. The van der Waals surface area contributed by atoms with Gasteiger partial charge in [-0.3, -0.25) is 0 Å². The molecule has 1 aromatic carbocycles. The van der Waals surface area contributed by atoms with Gasteiger partial charge in [-0.25, -0.2) is 4.79 Å². The fourth-order valence-corrected chi connectivity index (χ4v) is 2.46. The Bertz CT molecular complexity index is 658. The number of rotatable bonds is 5. The van der Waals surface area contributed by atoms with Gasteiger partial charge in [0.05, 0.1) is 0 Å². The molecular formula is C16H17BrO4. The van der Waals surface area contributed by atoms with Crippen LogP contribution < -0.4 is 4.74 Å². The first-order chi connectivity index (χ1) is 9.88. The van der Waals surface area contributed by atoms with Gasteiger partial charge in [0.1, 0.15) is 29.4 Å². The molecule has 0 amide bonds. The maximum Gasteiger partial charge on any atom is 0.339 e. The van der Waals surface area contributed by atoms with Crippen LogP contribution in [0.2, 0.25) is 0 Å². The zero-order chi connectivity index (χ0) is 15.6. The summed E-state index contributed by atoms with van der Waals surface area (Å²) in [7, 11) is 0. The Kier molecular flexibility index (Phi) is 4.73. The summed E-state index contributed by atoms with van der Waals surface area (Å²) in [5.74, 6) is 1.00. The fourth-order valence-electron chi connectivity index (χ4n) is 2.08. The molecule has 112 valence electrons. The molecule has 5 heteroatoms. The van der Waals surface area contributed by atoms with E-state index in [1.54, 1.807) is 6.92 Å². The molecule has 1 aromatic heterocycles. The summed E-state index contributed by atoms with van der Waals surface area (Å²) in [6, 6.07) is 7.34. The smallest absolute Gasteiger partial charge is 0.339 e. The van der Waals surface area contributed by atoms with Gasteiger partial charge >= 0.3 is 5.97 Å². The normalized spacial score (nSPS) is 10.9. The molecule has 1 N–H and O–H groups in total. The van der Waals surface area contributed by atoms with E-state index in [4.69, 9.17) is 14.3 Å². The lowest BCUT2D eigenvalue weighted by Crippen LogP contribution is -1.99. The second-order valence-corrected chi connectivity index (χ2v) is 6.03. The van der Waals surface area contributed by atoms with Crippen molar-refractivity contribution in [2.75, 3.05) is 0 Å². The number of carbonyl (C=O) groups is 1. The SMILES string of the molecule is Cc1oc(COc2ccc(Br)cc2C(C)C)cc1C(=O)O. The van der Waals surface area contributed by atoms with E-state index in [0.717, 1.165) is 15.8 Å². The first-order valence-electron chi connectivity index (χ1n) is 6.63. The molecule has 0 saturated carbocycles. The number of carboxylic acids is 1. The van der Waals surface area contributed by atoms with Gasteiger partial charge in [-0.2, -0.15) is 0 Å². The van der Waals surface area contributed by atoms with Gasteiger partial charge in [-0.15, -0.1) is 0 Å². The van der Waals surface area contributed by atoms with Crippen LogP contribution in [0.4, 0.5) is 0 Å². The third-order valence-corrected chi connectivity index (χ3v) is 3.66. The van der Waals surface area contributed by atoms with E-state index < -0.39 is 5.97 Å². The second kappa shape index (κ2) is 6.35. The summed E-state index contributed by atoms with van der Waals surface area (Å²) < 4.78 is 12.2. The van der Waals surface area contributed by atoms with Gasteiger partial charge in [0.15, 0.2) is 0 Å². The van der Waals surface area contributed by atoms with Crippen molar-refractivity contribution in [3.63, 3.8) is 0 Å². The van der Waals surface area contributed by atoms with Crippen molar-refractivity contribution in [2.24, 2.45) is 0 Å². The zero-order valence-corrected chi connectivity index (χ0v) is 13.7. The number of hydrogen-bond acceptors (Lipinski definition) is 3. The average Bonchev–Trinajstić information content (AvgIpc) is 2.78. The van der Waals surface area contributed by atoms with Crippen LogP contribution in [0.3, 0.4) is 0 Å². The summed E-state index contributed by atoms with van der Waals surface area (Å²) in [5.41, 5.74) is 1.26. The van der Waals surface area contributed by atoms with Crippen LogP contribution in [0.1, 0.15) is 47.2 Å². The average molecular weight is 353 g/mol. The minimum Gasteiger partial charge on any atom is -0.485 e. The van der Waals surface area contributed by atoms with Crippen molar-refractivity contribution in [2.45, 2.75) is 33.3 Å². The highest BCUT2D eigenvalue weighted by Crippen LogP contribution is 2.30. The molecule has 0 aliphatic heterocycles. The fraction of sp³-hybridized carbons (Fsp3) is 0.312. The van der Waals surface area contributed by atoms with Gasteiger partial charge in [0.2, 0.25) is 0 Å². The highest BCUT2D eigenvalue weighted by atomic mass is 79.9. The maximum atomic E-state index is 11.0. The molecule has 2 aromatic rings. The van der Waals surface area contributed by atoms with E-state index in [1.807, 2.05) is 18.2 Å². The standard InChI is InChI=1S/C16H17BrO4/c1-9(2)13-6-11(17)4-5-15(13)20-8-12-7-14(16(18)19)10(3)21-12/h4-7,9H,8H2,1-3H3,(H,18,19). The molecule has 0 spiro atoms. The molecule has 0 fully saturated rings. The number of aryl methyl sites for hydroxylation is 1. The largest absolute Gasteiger partial charge is 0.485 e. The molecule has 0 atom stereocenters. The van der Waals surface area contributed by atoms with E-state index in [9.17, 15) is 4.79 Å². The summed E-state index contributed by atoms with van der Waals surface area (Å²) in [5, 5.41) is 9.01. The van der Waals surface area contributed by atoms with Crippen LogP contribution in [0, 0.1) is 6.92 Å². The molecular weight excluding hydrogens is 336 g/mol. The van der Waals surface area contributed by atoms with Crippen molar-refractivity contribution in [3.8, 4) is 5.75 Å². The summed E-state index contributed by atoms with van der Waals surface area (Å²) in [6.45, 7) is 6.02. The Labute approximate surface area is 131 Å². The first kappa shape index (κ1) is 15.6. The first-order valence-corrected chi connectivity index (χ1v) is 7.42. The van der Waals surface area contributed by atoms with Crippen LogP contribution in [0.5, 0.6) is 5.75 Å². The number of benzene rings is 1. The van der Waals surface area contributed by atoms with E-state index in [2.05, 4.69) is 29.8 Å². The Hall–Kier alpha value is -1.75. The minimum atomic E-state index is -0.992. The lowest BCUT2D eigenvalue weighted by atomic mass is 10.0. The van der Waals surface area contributed by atoms with Crippen molar-refractivity contribution in [1.82, 2.24) is 0 Å². The number of furan rings is 1. The molecule has 0 saturated heterocycles. The van der Waals surface area contributed by atoms with Crippen LogP contribution in [0.15, 0.2) is 33.2 Å². The number of ether oxygens (including phenoxy) is 1. The minimum absolute atomic E-state index is 0.175. The number of carboxylic acid groups (broad SMARTS) is 1. The van der Waals surface area contributed by atoms with Crippen LogP contribution >= 0.6 is 15.9 Å². The zero-order valence-electron chi connectivity index (χ0n) is 12.1. The summed E-state index contributed by atoms with van der Waals surface area (Å²) >= 11 is 3.45. The Morgan fingerprint density at radius 2 is 2.10 bits per heavy atom. The molecule has 0 radical (unpaired) electrons. The van der Waals surface area contributed by atoms with E-state index in [0.29, 0.717) is 17.4 Å². The van der Waals surface area contributed by atoms with Gasteiger partial charge in [-0.05, 0) is 42.7 Å². The summed E-state index contributed by atoms with van der Waals surface area (Å²) in [4.78, 5) is 11.0. The predicted molar refractivity (Wildman–Crippen MR) is 83.0 cm³/mol. The molecule has 0 aliphatic carbocycles. The third kappa shape index (κ3) is 3.67. The molecule has 0 aliphatic rings. The number of hydrogen-bond donors (Lipinski definition) is 1. The van der Waals surface area contributed by atoms with Crippen molar-refractivity contribution >= 4 is 21.9 Å². The van der Waals surface area contributed by atoms with E-state index >= 15 is 0 Å². The van der Waals surface area contributed by atoms with Crippen molar-refractivity contribution < 1.29 is 19.1 Å². The highest BCUT2D eigenvalue weighted by Gasteiger charge is 2.15. The lowest BCUT2D eigenvalue weighted by molar-refractivity contribution is 0.0695. The predicted octanol–water partition coefficient (Wildman–Crippen LogP) is 4.75. The topological polar surface area (TPSA) is 59.7 Å². The molecule has 2 rings (SSSR count). The van der Waals surface area contributed by atoms with Gasteiger partial charge < -0.3 is 14.3 Å². The molecule has 1 heterocycles. The summed E-state index contributed by atoms with van der Waals surface area (Å²) in [6.07, 6.45) is 0. The number of halogens is 1. The Morgan fingerprint density at radius 3 is 2.67 bits per heavy atom. The monoisotopic (exact) mass is 352 g/mol. The van der Waals surface area contributed by atoms with Gasteiger partial charge in [0, 0.05) is 4.47 Å². The van der Waals surface area contributed by atoms with E-state index in [1.165, 1.54) is 6.07 Å². The van der Waals surface area contributed by atoms with Gasteiger partial charge in [-0.1, -0.05) is 29.8 Å². The Morgan fingerprint density at radius 1 is 1.38 bits per heavy atom. The molecule has 0 unspecified atom stereocenters. The van der Waals surface area contributed by atoms with E-state index in [-0.39, 0.29) is 12.2 Å². The van der Waals surface area contributed by atoms with Crippen molar-refractivity contribution in [3.05, 3.63) is 51.4 Å². The lowest BCUT2D eigenvalue weighted by Gasteiger charge is -2.13. The number of aromatic carboxylic acids is 1. The molecule has 0 bridgehead atoms. The molecule has 21 heavy (non-hydrogen) atoms. The quantitative estimate of drug-likeness (QED) is 0.843. The molecule has 4 nitrogen and oxygen atoms in total. The Balaban J connectivity index is 2.17. The van der Waals surface area contributed by atoms with Crippen LogP contribution in [-0.4, -0.2) is 11.1 Å². The second-order valence-electron chi connectivity index (χ2n) is 5.11.